The first-order valence-electron chi connectivity index (χ1n) is 7.78. The fourth-order valence-electron chi connectivity index (χ4n) is 2.03. The van der Waals surface area contributed by atoms with Gasteiger partial charge in [0.15, 0.2) is 0 Å². The van der Waals surface area contributed by atoms with Gasteiger partial charge in [0.1, 0.15) is 16.4 Å². The Labute approximate surface area is 165 Å². The third kappa shape index (κ3) is 6.30. The molecule has 0 saturated carbocycles. The summed E-state index contributed by atoms with van der Waals surface area (Å²) in [6, 6.07) is -1.36. The molecule has 0 heterocycles. The van der Waals surface area contributed by atoms with Gasteiger partial charge in [-0.25, -0.2) is 8.78 Å². The number of esters is 1. The molecule has 1 N–H and O–H groups in total. The average Bonchev–Trinajstić information content (AvgIpc) is 2.49. The Bertz CT molecular complexity index is 694. The minimum absolute atomic E-state index is 0.0365. The molecule has 0 bridgehead atoms. The molecule has 0 aliphatic carbocycles. The van der Waals surface area contributed by atoms with E-state index in [4.69, 9.17) is 4.74 Å². The molecular weight excluding hydrogens is 461 g/mol. The Balaban J connectivity index is 3.52. The van der Waals surface area contributed by atoms with Crippen molar-refractivity contribution in [3.63, 3.8) is 0 Å². The van der Waals surface area contributed by atoms with E-state index in [0.29, 0.717) is 0 Å². The van der Waals surface area contributed by atoms with E-state index in [9.17, 15) is 31.3 Å². The molecule has 1 aromatic rings. The second kappa shape index (κ2) is 9.06. The van der Waals surface area contributed by atoms with Crippen LogP contribution in [0.3, 0.4) is 0 Å². The van der Waals surface area contributed by atoms with Gasteiger partial charge in [-0.15, -0.1) is 4.72 Å². The number of hydrogen-bond acceptors (Lipinski definition) is 4. The summed E-state index contributed by atoms with van der Waals surface area (Å²) < 4.78 is 86.2. The molecule has 1 unspecified atom stereocenters. The first kappa shape index (κ1) is 24.1. The van der Waals surface area contributed by atoms with Crippen molar-refractivity contribution in [3.8, 4) is 0 Å². The molecule has 0 radical (unpaired) electrons. The Morgan fingerprint density at radius 1 is 1.30 bits per heavy atom. The quantitative estimate of drug-likeness (QED) is 0.275. The predicted molar refractivity (Wildman–Crippen MR) is 94.1 cm³/mol. The maximum absolute atomic E-state index is 14.6. The molecule has 11 heteroatoms. The van der Waals surface area contributed by atoms with Crippen molar-refractivity contribution < 1.29 is 36.0 Å². The van der Waals surface area contributed by atoms with Crippen molar-refractivity contribution in [3.05, 3.63) is 33.3 Å². The number of nitrogens with one attached hydrogen (secondary N) is 1. The lowest BCUT2D eigenvalue weighted by atomic mass is 10.00. The Morgan fingerprint density at radius 3 is 2.30 bits per heavy atom. The van der Waals surface area contributed by atoms with Crippen LogP contribution in [0.15, 0.2) is 10.5 Å². The number of halogens is 6. The monoisotopic (exact) mass is 479 g/mol. The van der Waals surface area contributed by atoms with Gasteiger partial charge in [0.2, 0.25) is 0 Å². The summed E-state index contributed by atoms with van der Waals surface area (Å²) in [5, 5.41) is 0. The van der Waals surface area contributed by atoms with E-state index in [0.717, 1.165) is 0 Å². The number of benzene rings is 1. The maximum Gasteiger partial charge on any atom is 0.419 e. The minimum Gasteiger partial charge on any atom is -0.598 e. The SMILES string of the molecule is CCOC(=O)C[C@H](N[S+]([O-])C(C)(C)C)c1c(F)c(Br)cc(C(F)(F)F)c1F. The van der Waals surface area contributed by atoms with Crippen molar-refractivity contribution in [1.82, 2.24) is 4.72 Å². The van der Waals surface area contributed by atoms with E-state index in [1.807, 2.05) is 0 Å². The van der Waals surface area contributed by atoms with E-state index in [2.05, 4.69) is 20.7 Å². The minimum atomic E-state index is -5.09. The number of carbonyl (C=O) groups is 1. The second-order valence-electron chi connectivity index (χ2n) is 6.51. The number of ether oxygens (including phenoxy) is 1. The standard InChI is InChI=1S/C16H19BrF5NO3S/c1-5-26-11(24)7-10(23-27(25)15(2,3)4)12-13(18)8(16(20,21)22)6-9(17)14(12)19/h6,10,23H,5,7H2,1-4H3/t10-,27?/m0/s1. The zero-order chi connectivity index (χ0) is 21.2. The van der Waals surface area contributed by atoms with Crippen LogP contribution in [0.1, 0.15) is 51.3 Å². The van der Waals surface area contributed by atoms with Gasteiger partial charge in [0.25, 0.3) is 0 Å². The first-order valence-corrected chi connectivity index (χ1v) is 9.72. The van der Waals surface area contributed by atoms with Gasteiger partial charge in [0.05, 0.1) is 29.1 Å². The second-order valence-corrected chi connectivity index (χ2v) is 9.36. The third-order valence-electron chi connectivity index (χ3n) is 3.33. The van der Waals surface area contributed by atoms with Crippen LogP contribution in [0.4, 0.5) is 22.0 Å². The van der Waals surface area contributed by atoms with Crippen LogP contribution in [-0.2, 0) is 27.1 Å². The topological polar surface area (TPSA) is 61.4 Å². The summed E-state index contributed by atoms with van der Waals surface area (Å²) in [5.41, 5.74) is -2.75. The van der Waals surface area contributed by atoms with E-state index in [1.54, 1.807) is 20.8 Å². The number of alkyl halides is 3. The number of carbonyl (C=O) groups excluding carboxylic acids is 1. The van der Waals surface area contributed by atoms with Crippen LogP contribution in [0.5, 0.6) is 0 Å². The molecule has 1 rings (SSSR count). The summed E-state index contributed by atoms with van der Waals surface area (Å²) in [6.07, 6.45) is -5.80. The molecule has 0 aliphatic rings. The Kier molecular flexibility index (Phi) is 8.10. The highest BCUT2D eigenvalue weighted by Crippen LogP contribution is 2.39. The van der Waals surface area contributed by atoms with Gasteiger partial charge in [-0.2, -0.15) is 13.2 Å². The lowest BCUT2D eigenvalue weighted by Gasteiger charge is -2.28. The third-order valence-corrected chi connectivity index (χ3v) is 5.51. The van der Waals surface area contributed by atoms with Crippen molar-refractivity contribution in [2.45, 2.75) is 51.1 Å². The van der Waals surface area contributed by atoms with Crippen molar-refractivity contribution >= 4 is 33.3 Å². The van der Waals surface area contributed by atoms with Crippen molar-refractivity contribution in [2.75, 3.05) is 6.61 Å². The van der Waals surface area contributed by atoms with Gasteiger partial charge in [0, 0.05) is 16.9 Å². The lowest BCUT2D eigenvalue weighted by Crippen LogP contribution is -2.42. The molecule has 2 atom stereocenters. The average molecular weight is 480 g/mol. The number of rotatable bonds is 6. The number of hydrogen-bond donors (Lipinski definition) is 1. The summed E-state index contributed by atoms with van der Waals surface area (Å²) in [4.78, 5) is 11.8. The lowest BCUT2D eigenvalue weighted by molar-refractivity contribution is -0.143. The van der Waals surface area contributed by atoms with E-state index in [-0.39, 0.29) is 12.7 Å². The van der Waals surface area contributed by atoms with Crippen molar-refractivity contribution in [1.29, 1.82) is 0 Å². The van der Waals surface area contributed by atoms with Crippen LogP contribution >= 0.6 is 15.9 Å². The van der Waals surface area contributed by atoms with Crippen LogP contribution in [0, 0.1) is 11.6 Å². The van der Waals surface area contributed by atoms with Gasteiger partial charge < -0.3 is 9.29 Å². The zero-order valence-corrected chi connectivity index (χ0v) is 17.4. The van der Waals surface area contributed by atoms with Crippen LogP contribution in [0.2, 0.25) is 0 Å². The van der Waals surface area contributed by atoms with E-state index >= 15 is 0 Å². The molecule has 0 aliphatic heterocycles. The normalized spacial score (nSPS) is 14.8. The first-order chi connectivity index (χ1) is 12.2. The van der Waals surface area contributed by atoms with Gasteiger partial charge in [-0.3, -0.25) is 4.79 Å². The summed E-state index contributed by atoms with van der Waals surface area (Å²) >= 11 is 0.706. The van der Waals surface area contributed by atoms with Crippen LogP contribution in [0.25, 0.3) is 0 Å². The Hall–Kier alpha value is -0.910. The molecule has 0 spiro atoms. The smallest absolute Gasteiger partial charge is 0.419 e. The Morgan fingerprint density at radius 2 is 1.85 bits per heavy atom. The molecule has 1 aromatic carbocycles. The molecule has 0 fully saturated rings. The molecule has 4 nitrogen and oxygen atoms in total. The highest BCUT2D eigenvalue weighted by molar-refractivity contribution is 9.10. The van der Waals surface area contributed by atoms with Crippen LogP contribution < -0.4 is 4.72 Å². The highest BCUT2D eigenvalue weighted by Gasteiger charge is 2.40. The molecule has 0 aromatic heterocycles. The molecular formula is C16H19BrF5NO3S. The largest absolute Gasteiger partial charge is 0.598 e. The summed E-state index contributed by atoms with van der Waals surface area (Å²) in [5.74, 6) is -4.11. The van der Waals surface area contributed by atoms with E-state index in [1.165, 1.54) is 6.92 Å². The maximum atomic E-state index is 14.6. The molecule has 154 valence electrons. The highest BCUT2D eigenvalue weighted by atomic mass is 79.9. The molecule has 27 heavy (non-hydrogen) atoms. The predicted octanol–water partition coefficient (Wildman–Crippen LogP) is 4.79. The molecule has 0 amide bonds. The summed E-state index contributed by atoms with van der Waals surface area (Å²) in [6.45, 7) is 6.10. The molecule has 0 saturated heterocycles. The van der Waals surface area contributed by atoms with Gasteiger partial charge in [-0.1, -0.05) is 0 Å². The van der Waals surface area contributed by atoms with Crippen LogP contribution in [-0.4, -0.2) is 21.9 Å². The van der Waals surface area contributed by atoms with Gasteiger partial charge in [-0.05, 0) is 49.7 Å². The van der Waals surface area contributed by atoms with Gasteiger partial charge >= 0.3 is 12.1 Å². The zero-order valence-electron chi connectivity index (χ0n) is 15.0. The van der Waals surface area contributed by atoms with Crippen molar-refractivity contribution in [2.24, 2.45) is 0 Å². The fourth-order valence-corrected chi connectivity index (χ4v) is 3.29. The fraction of sp³-hybridized carbons (Fsp3) is 0.562. The van der Waals surface area contributed by atoms with E-state index < -0.39 is 68.0 Å². The summed E-state index contributed by atoms with van der Waals surface area (Å²) in [7, 11) is 0.